The first kappa shape index (κ1) is 11.9. The molecule has 0 saturated heterocycles. The highest BCUT2D eigenvalue weighted by Crippen LogP contribution is 2.24. The maximum Gasteiger partial charge on any atom is 0.0648 e. The molecule has 1 aromatic heterocycles. The zero-order valence-corrected chi connectivity index (χ0v) is 10.8. The van der Waals surface area contributed by atoms with Crippen LogP contribution in [-0.2, 0) is 5.88 Å². The highest BCUT2D eigenvalue weighted by molar-refractivity contribution is 6.16. The minimum atomic E-state index is 0.440. The number of benzene rings is 1. The largest absolute Gasteiger partial charge is 0.345 e. The Balaban J connectivity index is 2.33. The van der Waals surface area contributed by atoms with Crippen molar-refractivity contribution in [3.63, 3.8) is 0 Å². The Morgan fingerprint density at radius 1 is 1.18 bits per heavy atom. The second-order valence-corrected chi connectivity index (χ2v) is 4.30. The van der Waals surface area contributed by atoms with E-state index in [0.29, 0.717) is 5.88 Å². The van der Waals surface area contributed by atoms with Gasteiger partial charge in [0.2, 0.25) is 0 Å². The molecule has 0 aliphatic carbocycles. The van der Waals surface area contributed by atoms with Crippen molar-refractivity contribution < 1.29 is 0 Å². The Kier molecular flexibility index (Phi) is 3.64. The molecule has 0 radical (unpaired) electrons. The minimum absolute atomic E-state index is 0.440. The fourth-order valence-electron chi connectivity index (χ4n) is 1.73. The molecule has 17 heavy (non-hydrogen) atoms. The summed E-state index contributed by atoms with van der Waals surface area (Å²) in [6, 6.07) is 12.4. The fourth-order valence-corrected chi connectivity index (χ4v) is 1.88. The van der Waals surface area contributed by atoms with Crippen LogP contribution in [0.25, 0.3) is 0 Å². The Bertz CT molecular complexity index is 511. The summed E-state index contributed by atoms with van der Waals surface area (Å²) in [5.74, 6) is 0.440. The monoisotopic (exact) mass is 246 g/mol. The van der Waals surface area contributed by atoms with E-state index in [1.54, 1.807) is 6.20 Å². The van der Waals surface area contributed by atoms with Crippen molar-refractivity contribution in [3.8, 4) is 0 Å². The van der Waals surface area contributed by atoms with E-state index in [1.165, 1.54) is 5.56 Å². The minimum Gasteiger partial charge on any atom is -0.345 e. The van der Waals surface area contributed by atoms with Crippen molar-refractivity contribution in [2.75, 3.05) is 11.9 Å². The third kappa shape index (κ3) is 2.77. The van der Waals surface area contributed by atoms with Crippen LogP contribution in [-0.4, -0.2) is 12.0 Å². The average molecular weight is 247 g/mol. The second-order valence-electron chi connectivity index (χ2n) is 4.04. The molecule has 0 bridgehead atoms. The molecule has 2 nitrogen and oxygen atoms in total. The summed E-state index contributed by atoms with van der Waals surface area (Å²) in [5.41, 5.74) is 4.41. The molecule has 0 aliphatic rings. The van der Waals surface area contributed by atoms with E-state index < -0.39 is 0 Å². The number of pyridine rings is 1. The first-order valence-electron chi connectivity index (χ1n) is 5.52. The number of rotatable bonds is 3. The molecule has 2 aromatic rings. The molecule has 0 N–H and O–H groups in total. The molecule has 0 saturated carbocycles. The molecule has 1 heterocycles. The molecule has 2 rings (SSSR count). The Labute approximate surface area is 107 Å². The van der Waals surface area contributed by atoms with Gasteiger partial charge in [0.05, 0.1) is 11.6 Å². The van der Waals surface area contributed by atoms with Gasteiger partial charge in [0.25, 0.3) is 0 Å². The average Bonchev–Trinajstić information content (AvgIpc) is 2.38. The van der Waals surface area contributed by atoms with Crippen LogP contribution < -0.4 is 4.90 Å². The van der Waals surface area contributed by atoms with E-state index in [9.17, 15) is 0 Å². The lowest BCUT2D eigenvalue weighted by molar-refractivity contribution is 1.13. The van der Waals surface area contributed by atoms with Crippen molar-refractivity contribution >= 4 is 23.0 Å². The summed E-state index contributed by atoms with van der Waals surface area (Å²) < 4.78 is 0. The van der Waals surface area contributed by atoms with Gasteiger partial charge >= 0.3 is 0 Å². The van der Waals surface area contributed by atoms with E-state index >= 15 is 0 Å². The number of hydrogen-bond donors (Lipinski definition) is 0. The lowest BCUT2D eigenvalue weighted by Gasteiger charge is -2.20. The van der Waals surface area contributed by atoms with Gasteiger partial charge < -0.3 is 4.90 Å². The van der Waals surface area contributed by atoms with Gasteiger partial charge in [-0.3, -0.25) is 4.98 Å². The molecular formula is C14H15ClN2. The third-order valence-corrected chi connectivity index (χ3v) is 2.99. The molecule has 3 heteroatoms. The van der Waals surface area contributed by atoms with Gasteiger partial charge in [-0.2, -0.15) is 0 Å². The normalized spacial score (nSPS) is 10.3. The number of nitrogens with zero attached hydrogens (tertiary/aromatic N) is 2. The van der Waals surface area contributed by atoms with Crippen molar-refractivity contribution in [1.29, 1.82) is 0 Å². The Hall–Kier alpha value is -1.54. The van der Waals surface area contributed by atoms with Gasteiger partial charge in [0, 0.05) is 24.6 Å². The first-order valence-corrected chi connectivity index (χ1v) is 6.05. The zero-order valence-electron chi connectivity index (χ0n) is 10.0. The van der Waals surface area contributed by atoms with Gasteiger partial charge in [0.15, 0.2) is 0 Å². The van der Waals surface area contributed by atoms with Gasteiger partial charge in [-0.15, -0.1) is 11.6 Å². The molecule has 0 aliphatic heterocycles. The lowest BCUT2D eigenvalue weighted by atomic mass is 10.2. The summed E-state index contributed by atoms with van der Waals surface area (Å²) in [5, 5.41) is 0. The van der Waals surface area contributed by atoms with Gasteiger partial charge in [-0.25, -0.2) is 0 Å². The summed E-state index contributed by atoms with van der Waals surface area (Å²) in [6.45, 7) is 2.09. The summed E-state index contributed by atoms with van der Waals surface area (Å²) in [4.78, 5) is 6.32. The predicted molar refractivity (Wildman–Crippen MR) is 73.0 cm³/mol. The van der Waals surface area contributed by atoms with Crippen LogP contribution in [0.3, 0.4) is 0 Å². The Morgan fingerprint density at radius 2 is 1.94 bits per heavy atom. The van der Waals surface area contributed by atoms with Gasteiger partial charge in [-0.1, -0.05) is 12.1 Å². The van der Waals surface area contributed by atoms with Crippen LogP contribution in [0.15, 0.2) is 42.6 Å². The molecule has 0 amide bonds. The van der Waals surface area contributed by atoms with Crippen LogP contribution in [0.2, 0.25) is 0 Å². The SMILES string of the molecule is Cc1cccc(N(C)c2ccnc(CCl)c2)c1. The quantitative estimate of drug-likeness (QED) is 0.764. The Morgan fingerprint density at radius 3 is 2.65 bits per heavy atom. The molecule has 1 aromatic carbocycles. The summed E-state index contributed by atoms with van der Waals surface area (Å²) in [6.07, 6.45) is 1.79. The summed E-state index contributed by atoms with van der Waals surface area (Å²) in [7, 11) is 2.04. The van der Waals surface area contributed by atoms with E-state index in [1.807, 2.05) is 19.2 Å². The number of aryl methyl sites for hydroxylation is 1. The lowest BCUT2D eigenvalue weighted by Crippen LogP contribution is -2.10. The third-order valence-electron chi connectivity index (χ3n) is 2.71. The van der Waals surface area contributed by atoms with E-state index in [4.69, 9.17) is 11.6 Å². The zero-order chi connectivity index (χ0) is 12.3. The van der Waals surface area contributed by atoms with Crippen LogP contribution in [0, 0.1) is 6.92 Å². The molecule has 0 unspecified atom stereocenters. The molecule has 0 fully saturated rings. The number of hydrogen-bond acceptors (Lipinski definition) is 2. The van der Waals surface area contributed by atoms with Crippen molar-refractivity contribution in [3.05, 3.63) is 53.9 Å². The van der Waals surface area contributed by atoms with Gasteiger partial charge in [-0.05, 0) is 36.8 Å². The standard InChI is InChI=1S/C14H15ClN2/c1-11-4-3-5-13(8-11)17(2)14-6-7-16-12(9-14)10-15/h3-9H,10H2,1-2H3. The molecule has 0 spiro atoms. The topological polar surface area (TPSA) is 16.1 Å². The molecule has 88 valence electrons. The number of alkyl halides is 1. The first-order chi connectivity index (χ1) is 8.20. The van der Waals surface area contributed by atoms with Crippen molar-refractivity contribution in [2.45, 2.75) is 12.8 Å². The maximum absolute atomic E-state index is 5.79. The second kappa shape index (κ2) is 5.19. The molecular weight excluding hydrogens is 232 g/mol. The predicted octanol–water partition coefficient (Wildman–Crippen LogP) is 3.90. The van der Waals surface area contributed by atoms with Gasteiger partial charge in [0.1, 0.15) is 0 Å². The van der Waals surface area contributed by atoms with Crippen LogP contribution in [0.4, 0.5) is 11.4 Å². The summed E-state index contributed by atoms with van der Waals surface area (Å²) >= 11 is 5.79. The number of halogens is 1. The van der Waals surface area contributed by atoms with Crippen LogP contribution >= 0.6 is 11.6 Å². The number of anilines is 2. The van der Waals surface area contributed by atoms with Crippen molar-refractivity contribution in [1.82, 2.24) is 4.98 Å². The highest BCUT2D eigenvalue weighted by atomic mass is 35.5. The van der Waals surface area contributed by atoms with E-state index in [2.05, 4.69) is 41.1 Å². The van der Waals surface area contributed by atoms with E-state index in [0.717, 1.165) is 17.1 Å². The maximum atomic E-state index is 5.79. The van der Waals surface area contributed by atoms with Crippen LogP contribution in [0.1, 0.15) is 11.3 Å². The highest BCUT2D eigenvalue weighted by Gasteiger charge is 2.04. The van der Waals surface area contributed by atoms with Crippen molar-refractivity contribution in [2.24, 2.45) is 0 Å². The van der Waals surface area contributed by atoms with E-state index in [-0.39, 0.29) is 0 Å². The molecule has 0 atom stereocenters. The fraction of sp³-hybridized carbons (Fsp3) is 0.214. The van der Waals surface area contributed by atoms with Crippen LogP contribution in [0.5, 0.6) is 0 Å². The number of aromatic nitrogens is 1. The smallest absolute Gasteiger partial charge is 0.0648 e.